The highest BCUT2D eigenvalue weighted by atomic mass is 19.1. The lowest BCUT2D eigenvalue weighted by molar-refractivity contribution is -0.171. The summed E-state index contributed by atoms with van der Waals surface area (Å²) in [5.74, 6) is 1.31. The summed E-state index contributed by atoms with van der Waals surface area (Å²) in [5, 5.41) is 3.70. The minimum Gasteiger partial charge on any atom is -0.377 e. The van der Waals surface area contributed by atoms with Crippen LogP contribution in [0, 0.1) is 17.2 Å². The Morgan fingerprint density at radius 1 is 1.46 bits per heavy atom. The van der Waals surface area contributed by atoms with Gasteiger partial charge < -0.3 is 15.0 Å². The van der Waals surface area contributed by atoms with Gasteiger partial charge >= 0.3 is 0 Å². The first-order chi connectivity index (χ1) is 11.6. The van der Waals surface area contributed by atoms with Gasteiger partial charge in [-0.25, -0.2) is 4.39 Å². The molecule has 5 heteroatoms. The molecule has 1 heterocycles. The van der Waals surface area contributed by atoms with E-state index in [1.165, 1.54) is 25.3 Å². The summed E-state index contributed by atoms with van der Waals surface area (Å²) >= 11 is 0. The standard InChI is InChI=1S/C19H26FN3O/c1-21-18(23(2)12-13-5-3-6-14(20)11-13)22-16-15-7-10-24-17(15)19(16)8-4-9-19/h3,5-6,11,15-17H,4,7-10,12H2,1-2H3,(H,21,22). The Morgan fingerprint density at radius 2 is 2.29 bits per heavy atom. The van der Waals surface area contributed by atoms with Crippen LogP contribution in [0.3, 0.4) is 0 Å². The average molecular weight is 331 g/mol. The molecule has 2 saturated carbocycles. The third-order valence-corrected chi connectivity index (χ3v) is 6.20. The molecule has 130 valence electrons. The third-order valence-electron chi connectivity index (χ3n) is 6.20. The van der Waals surface area contributed by atoms with Gasteiger partial charge in [0.2, 0.25) is 0 Å². The summed E-state index contributed by atoms with van der Waals surface area (Å²) in [4.78, 5) is 6.54. The van der Waals surface area contributed by atoms with E-state index in [2.05, 4.69) is 15.2 Å². The van der Waals surface area contributed by atoms with Crippen molar-refractivity contribution in [1.82, 2.24) is 10.2 Å². The first-order valence-electron chi connectivity index (χ1n) is 8.94. The van der Waals surface area contributed by atoms with Crippen molar-refractivity contribution in [3.8, 4) is 0 Å². The molecular weight excluding hydrogens is 305 g/mol. The molecule has 3 unspecified atom stereocenters. The fourth-order valence-electron chi connectivity index (χ4n) is 4.92. The van der Waals surface area contributed by atoms with Gasteiger partial charge in [0.1, 0.15) is 5.82 Å². The van der Waals surface area contributed by atoms with Crippen LogP contribution in [0.5, 0.6) is 0 Å². The van der Waals surface area contributed by atoms with E-state index in [-0.39, 0.29) is 5.82 Å². The number of fused-ring (bicyclic) bond motifs is 2. The second-order valence-electron chi connectivity index (χ2n) is 7.49. The molecule has 3 fully saturated rings. The van der Waals surface area contributed by atoms with E-state index in [1.54, 1.807) is 12.1 Å². The summed E-state index contributed by atoms with van der Waals surface area (Å²) in [6.07, 6.45) is 5.43. The van der Waals surface area contributed by atoms with Crippen LogP contribution >= 0.6 is 0 Å². The lowest BCUT2D eigenvalue weighted by Gasteiger charge is -2.63. The van der Waals surface area contributed by atoms with E-state index in [0.717, 1.165) is 24.6 Å². The molecule has 3 atom stereocenters. The van der Waals surface area contributed by atoms with Gasteiger partial charge in [0.15, 0.2) is 5.96 Å². The van der Waals surface area contributed by atoms with Crippen LogP contribution < -0.4 is 5.32 Å². The number of benzene rings is 1. The van der Waals surface area contributed by atoms with Crippen molar-refractivity contribution in [3.63, 3.8) is 0 Å². The van der Waals surface area contributed by atoms with Gasteiger partial charge in [0.05, 0.1) is 6.10 Å². The van der Waals surface area contributed by atoms with Crippen molar-refractivity contribution < 1.29 is 9.13 Å². The van der Waals surface area contributed by atoms with E-state index in [1.807, 2.05) is 20.2 Å². The van der Waals surface area contributed by atoms with Crippen LogP contribution in [-0.4, -0.2) is 43.7 Å². The molecular formula is C19H26FN3O. The number of hydrogen-bond acceptors (Lipinski definition) is 2. The smallest absolute Gasteiger partial charge is 0.193 e. The number of nitrogens with one attached hydrogen (secondary N) is 1. The molecule has 24 heavy (non-hydrogen) atoms. The van der Waals surface area contributed by atoms with Gasteiger partial charge in [-0.3, -0.25) is 4.99 Å². The molecule has 1 aromatic rings. The molecule has 4 nitrogen and oxygen atoms in total. The maximum absolute atomic E-state index is 13.4. The van der Waals surface area contributed by atoms with E-state index in [9.17, 15) is 4.39 Å². The zero-order chi connectivity index (χ0) is 16.7. The maximum atomic E-state index is 13.4. The molecule has 1 aromatic carbocycles. The summed E-state index contributed by atoms with van der Waals surface area (Å²) in [6.45, 7) is 1.54. The van der Waals surface area contributed by atoms with Crippen LogP contribution in [0.15, 0.2) is 29.3 Å². The highest BCUT2D eigenvalue weighted by Gasteiger charge is 2.66. The van der Waals surface area contributed by atoms with Crippen LogP contribution in [0.25, 0.3) is 0 Å². The Hall–Kier alpha value is -1.62. The molecule has 2 aliphatic carbocycles. The number of ether oxygens (including phenoxy) is 1. The van der Waals surface area contributed by atoms with Crippen molar-refractivity contribution in [2.75, 3.05) is 20.7 Å². The topological polar surface area (TPSA) is 36.9 Å². The zero-order valence-electron chi connectivity index (χ0n) is 14.5. The van der Waals surface area contributed by atoms with Crippen molar-refractivity contribution in [2.45, 2.75) is 44.4 Å². The van der Waals surface area contributed by atoms with Gasteiger partial charge in [0, 0.05) is 44.6 Å². The Bertz CT molecular complexity index is 643. The second-order valence-corrected chi connectivity index (χ2v) is 7.49. The van der Waals surface area contributed by atoms with Crippen LogP contribution in [0.1, 0.15) is 31.2 Å². The minimum atomic E-state index is -0.192. The Kier molecular flexibility index (Phi) is 3.99. The number of aliphatic imine (C=N–C) groups is 1. The Labute approximate surface area is 143 Å². The molecule has 1 N–H and O–H groups in total. The second kappa shape index (κ2) is 6.03. The number of nitrogens with zero attached hydrogens (tertiary/aromatic N) is 2. The minimum absolute atomic E-state index is 0.192. The average Bonchev–Trinajstić information content (AvgIpc) is 2.91. The number of hydrogen-bond donors (Lipinski definition) is 1. The molecule has 1 aliphatic heterocycles. The maximum Gasteiger partial charge on any atom is 0.193 e. The summed E-state index contributed by atoms with van der Waals surface area (Å²) < 4.78 is 19.4. The predicted molar refractivity (Wildman–Crippen MR) is 92.3 cm³/mol. The van der Waals surface area contributed by atoms with Gasteiger partial charge in [0.25, 0.3) is 0 Å². The Morgan fingerprint density at radius 3 is 2.96 bits per heavy atom. The van der Waals surface area contributed by atoms with E-state index >= 15 is 0 Å². The van der Waals surface area contributed by atoms with Gasteiger partial charge in [-0.15, -0.1) is 0 Å². The number of halogens is 1. The molecule has 0 aromatic heterocycles. The third kappa shape index (κ3) is 2.41. The Balaban J connectivity index is 1.44. The highest BCUT2D eigenvalue weighted by molar-refractivity contribution is 5.80. The van der Waals surface area contributed by atoms with Crippen molar-refractivity contribution in [1.29, 1.82) is 0 Å². The quantitative estimate of drug-likeness (QED) is 0.683. The van der Waals surface area contributed by atoms with Crippen LogP contribution in [0.4, 0.5) is 4.39 Å². The molecule has 1 spiro atoms. The first-order valence-corrected chi connectivity index (χ1v) is 8.94. The molecule has 4 rings (SSSR count). The first kappa shape index (κ1) is 15.9. The van der Waals surface area contributed by atoms with E-state index in [4.69, 9.17) is 4.74 Å². The fraction of sp³-hybridized carbons (Fsp3) is 0.632. The zero-order valence-corrected chi connectivity index (χ0v) is 14.5. The fourth-order valence-corrected chi connectivity index (χ4v) is 4.92. The van der Waals surface area contributed by atoms with Gasteiger partial charge in [-0.05, 0) is 37.0 Å². The highest BCUT2D eigenvalue weighted by Crippen LogP contribution is 2.62. The molecule has 0 bridgehead atoms. The lowest BCUT2D eigenvalue weighted by atomic mass is 9.46. The number of guanidine groups is 1. The summed E-state index contributed by atoms with van der Waals surface area (Å²) in [5.41, 5.74) is 1.28. The molecule has 1 saturated heterocycles. The monoisotopic (exact) mass is 331 g/mol. The normalized spacial score (nSPS) is 30.5. The van der Waals surface area contributed by atoms with Gasteiger partial charge in [-0.2, -0.15) is 0 Å². The van der Waals surface area contributed by atoms with Gasteiger partial charge in [-0.1, -0.05) is 18.6 Å². The van der Waals surface area contributed by atoms with Crippen LogP contribution in [0.2, 0.25) is 0 Å². The predicted octanol–water partition coefficient (Wildman–Crippen LogP) is 2.79. The summed E-state index contributed by atoms with van der Waals surface area (Å²) in [6, 6.07) is 7.23. The van der Waals surface area contributed by atoms with Crippen LogP contribution in [-0.2, 0) is 11.3 Å². The SMILES string of the molecule is CN=C(NC1C2CCOC2C12CCC2)N(C)Cc1cccc(F)c1. The van der Waals surface area contributed by atoms with E-state index < -0.39 is 0 Å². The molecule has 0 radical (unpaired) electrons. The molecule has 0 amide bonds. The number of rotatable bonds is 3. The van der Waals surface area contributed by atoms with E-state index in [0.29, 0.717) is 30.0 Å². The molecule has 3 aliphatic rings. The van der Waals surface area contributed by atoms with Crippen molar-refractivity contribution >= 4 is 5.96 Å². The largest absolute Gasteiger partial charge is 0.377 e. The van der Waals surface area contributed by atoms with Crippen molar-refractivity contribution in [3.05, 3.63) is 35.6 Å². The van der Waals surface area contributed by atoms with Crippen molar-refractivity contribution in [2.24, 2.45) is 16.3 Å². The summed E-state index contributed by atoms with van der Waals surface area (Å²) in [7, 11) is 3.83. The lowest BCUT2D eigenvalue weighted by Crippen LogP contribution is -2.72.